The minimum absolute atomic E-state index is 0.324. The molecule has 86 valence electrons. The fraction of sp³-hybridized carbons (Fsp3) is 0.308. The van der Waals surface area contributed by atoms with Crippen LogP contribution in [0.5, 0.6) is 0 Å². The molecule has 0 aliphatic heterocycles. The number of carbonyl (C=O) groups excluding carboxylic acids is 1. The van der Waals surface area contributed by atoms with Crippen molar-refractivity contribution in [3.63, 3.8) is 0 Å². The fourth-order valence-electron chi connectivity index (χ4n) is 1.24. The highest BCUT2D eigenvalue weighted by atomic mass is 19.1. The predicted molar refractivity (Wildman–Crippen MR) is 60.3 cm³/mol. The van der Waals surface area contributed by atoms with Gasteiger partial charge in [-0.1, -0.05) is 18.7 Å². The number of rotatable bonds is 3. The number of hydrogen-bond donors (Lipinski definition) is 0. The van der Waals surface area contributed by atoms with Gasteiger partial charge in [0.25, 0.3) is 0 Å². The summed E-state index contributed by atoms with van der Waals surface area (Å²) >= 11 is 0. The van der Waals surface area contributed by atoms with Crippen LogP contribution in [0.15, 0.2) is 36.4 Å². The fourth-order valence-corrected chi connectivity index (χ4v) is 1.24. The van der Waals surface area contributed by atoms with Crippen LogP contribution in [0.4, 0.5) is 4.39 Å². The van der Waals surface area contributed by atoms with Gasteiger partial charge in [-0.2, -0.15) is 0 Å². The molecule has 0 saturated carbocycles. The summed E-state index contributed by atoms with van der Waals surface area (Å²) in [5, 5.41) is 0. The highest BCUT2D eigenvalue weighted by molar-refractivity contribution is 5.87. The van der Waals surface area contributed by atoms with Crippen molar-refractivity contribution in [2.75, 3.05) is 0 Å². The summed E-state index contributed by atoms with van der Waals surface area (Å²) in [6.07, 6.45) is 0. The molecule has 0 amide bonds. The smallest absolute Gasteiger partial charge is 0.333 e. The van der Waals surface area contributed by atoms with E-state index in [2.05, 4.69) is 6.58 Å². The lowest BCUT2D eigenvalue weighted by Gasteiger charge is -2.25. The summed E-state index contributed by atoms with van der Waals surface area (Å²) in [5.74, 6) is -0.828. The second kappa shape index (κ2) is 4.47. The van der Waals surface area contributed by atoms with Crippen molar-refractivity contribution < 1.29 is 13.9 Å². The molecule has 0 radical (unpaired) electrons. The van der Waals surface area contributed by atoms with Crippen LogP contribution in [-0.4, -0.2) is 5.97 Å². The molecule has 0 saturated heterocycles. The standard InChI is InChI=1S/C13H15FO2/c1-9(2)12(15)16-13(3,4)10-6-5-7-11(14)8-10/h5-8H,1H2,2-4H3. The van der Waals surface area contributed by atoms with E-state index in [0.29, 0.717) is 11.1 Å². The average Bonchev–Trinajstić information content (AvgIpc) is 2.17. The maximum absolute atomic E-state index is 13.0. The topological polar surface area (TPSA) is 26.3 Å². The van der Waals surface area contributed by atoms with E-state index in [1.807, 2.05) is 0 Å². The van der Waals surface area contributed by atoms with Crippen molar-refractivity contribution in [2.24, 2.45) is 0 Å². The summed E-state index contributed by atoms with van der Waals surface area (Å²) in [6, 6.07) is 6.00. The maximum atomic E-state index is 13.0. The number of hydrogen-bond acceptors (Lipinski definition) is 2. The first kappa shape index (κ1) is 12.4. The molecule has 0 N–H and O–H groups in total. The largest absolute Gasteiger partial charge is 0.451 e. The van der Waals surface area contributed by atoms with Gasteiger partial charge in [-0.05, 0) is 38.5 Å². The van der Waals surface area contributed by atoms with E-state index in [1.165, 1.54) is 12.1 Å². The van der Waals surface area contributed by atoms with Gasteiger partial charge in [0, 0.05) is 5.57 Å². The average molecular weight is 222 g/mol. The summed E-state index contributed by atoms with van der Waals surface area (Å²) < 4.78 is 18.3. The van der Waals surface area contributed by atoms with Crippen LogP contribution < -0.4 is 0 Å². The quantitative estimate of drug-likeness (QED) is 0.580. The van der Waals surface area contributed by atoms with Gasteiger partial charge in [0.15, 0.2) is 0 Å². The van der Waals surface area contributed by atoms with Gasteiger partial charge in [0.05, 0.1) is 0 Å². The van der Waals surface area contributed by atoms with Gasteiger partial charge < -0.3 is 4.74 Å². The Morgan fingerprint density at radius 3 is 2.56 bits per heavy atom. The number of carbonyl (C=O) groups is 1. The number of esters is 1. The summed E-state index contributed by atoms with van der Waals surface area (Å²) in [7, 11) is 0. The minimum atomic E-state index is -0.863. The molecule has 0 aliphatic carbocycles. The Kier molecular flexibility index (Phi) is 3.48. The molecule has 3 heteroatoms. The Hall–Kier alpha value is -1.64. The number of ether oxygens (including phenoxy) is 1. The van der Waals surface area contributed by atoms with Crippen LogP contribution in [0.25, 0.3) is 0 Å². The van der Waals surface area contributed by atoms with E-state index < -0.39 is 11.6 Å². The van der Waals surface area contributed by atoms with Gasteiger partial charge in [-0.25, -0.2) is 9.18 Å². The molecule has 16 heavy (non-hydrogen) atoms. The van der Waals surface area contributed by atoms with Crippen LogP contribution in [0.1, 0.15) is 26.3 Å². The molecule has 0 spiro atoms. The van der Waals surface area contributed by atoms with Gasteiger partial charge >= 0.3 is 5.97 Å². The van der Waals surface area contributed by atoms with E-state index in [4.69, 9.17) is 4.74 Å². The summed E-state index contributed by atoms with van der Waals surface area (Å²) in [5.41, 5.74) is 0.0737. The Morgan fingerprint density at radius 1 is 1.44 bits per heavy atom. The van der Waals surface area contributed by atoms with Crippen molar-refractivity contribution in [1.82, 2.24) is 0 Å². The zero-order valence-corrected chi connectivity index (χ0v) is 9.71. The van der Waals surface area contributed by atoms with Crippen molar-refractivity contribution in [2.45, 2.75) is 26.4 Å². The Labute approximate surface area is 94.7 Å². The summed E-state index contributed by atoms with van der Waals surface area (Å²) in [4.78, 5) is 11.4. The molecule has 0 unspecified atom stereocenters. The molecule has 0 aliphatic rings. The van der Waals surface area contributed by atoms with Crippen LogP contribution in [-0.2, 0) is 15.1 Å². The molecule has 0 heterocycles. The molecule has 2 nitrogen and oxygen atoms in total. The summed E-state index contributed by atoms with van der Waals surface area (Å²) in [6.45, 7) is 8.50. The third kappa shape index (κ3) is 2.92. The SMILES string of the molecule is C=C(C)C(=O)OC(C)(C)c1cccc(F)c1. The molecular formula is C13H15FO2. The van der Waals surface area contributed by atoms with E-state index in [-0.39, 0.29) is 5.82 Å². The van der Waals surface area contributed by atoms with Gasteiger partial charge in [-0.15, -0.1) is 0 Å². The Balaban J connectivity index is 2.93. The molecule has 1 aromatic carbocycles. The van der Waals surface area contributed by atoms with Crippen LogP contribution in [0.2, 0.25) is 0 Å². The predicted octanol–water partition coefficient (Wildman–Crippen LogP) is 3.18. The first-order valence-electron chi connectivity index (χ1n) is 4.98. The number of halogens is 1. The first-order valence-corrected chi connectivity index (χ1v) is 4.98. The van der Waals surface area contributed by atoms with Crippen LogP contribution in [0, 0.1) is 5.82 Å². The molecule has 0 atom stereocenters. The van der Waals surface area contributed by atoms with Crippen LogP contribution in [0.3, 0.4) is 0 Å². The third-order valence-electron chi connectivity index (χ3n) is 2.22. The van der Waals surface area contributed by atoms with Crippen molar-refractivity contribution in [3.05, 3.63) is 47.8 Å². The minimum Gasteiger partial charge on any atom is -0.451 e. The van der Waals surface area contributed by atoms with E-state index in [9.17, 15) is 9.18 Å². The lowest BCUT2D eigenvalue weighted by molar-refractivity contribution is -0.152. The Bertz CT molecular complexity index is 422. The van der Waals surface area contributed by atoms with Crippen LogP contribution >= 0.6 is 0 Å². The van der Waals surface area contributed by atoms with E-state index in [0.717, 1.165) is 0 Å². The van der Waals surface area contributed by atoms with E-state index in [1.54, 1.807) is 32.9 Å². The van der Waals surface area contributed by atoms with Gasteiger partial charge in [-0.3, -0.25) is 0 Å². The molecule has 1 aromatic rings. The van der Waals surface area contributed by atoms with Crippen molar-refractivity contribution >= 4 is 5.97 Å². The normalized spacial score (nSPS) is 11.0. The first-order chi connectivity index (χ1) is 7.33. The second-order valence-corrected chi connectivity index (χ2v) is 4.19. The molecule has 0 bridgehead atoms. The molecule has 1 rings (SSSR count). The second-order valence-electron chi connectivity index (χ2n) is 4.19. The lowest BCUT2D eigenvalue weighted by atomic mass is 9.98. The lowest BCUT2D eigenvalue weighted by Crippen LogP contribution is -2.26. The molecule has 0 aromatic heterocycles. The maximum Gasteiger partial charge on any atom is 0.333 e. The van der Waals surface area contributed by atoms with Gasteiger partial charge in [0.1, 0.15) is 11.4 Å². The Morgan fingerprint density at radius 2 is 2.06 bits per heavy atom. The highest BCUT2D eigenvalue weighted by Gasteiger charge is 2.25. The zero-order valence-electron chi connectivity index (χ0n) is 9.71. The number of benzene rings is 1. The van der Waals surface area contributed by atoms with E-state index >= 15 is 0 Å². The highest BCUT2D eigenvalue weighted by Crippen LogP contribution is 2.26. The van der Waals surface area contributed by atoms with Gasteiger partial charge in [0.2, 0.25) is 0 Å². The van der Waals surface area contributed by atoms with Crippen molar-refractivity contribution in [1.29, 1.82) is 0 Å². The van der Waals surface area contributed by atoms with Crippen molar-refractivity contribution in [3.8, 4) is 0 Å². The molecular weight excluding hydrogens is 207 g/mol. The molecule has 0 fully saturated rings. The monoisotopic (exact) mass is 222 g/mol. The zero-order chi connectivity index (χ0) is 12.3. The third-order valence-corrected chi connectivity index (χ3v) is 2.22.